The second kappa shape index (κ2) is 7.02. The van der Waals surface area contributed by atoms with Crippen LogP contribution in [-0.4, -0.2) is 0 Å². The Balaban J connectivity index is 0.000000437. The number of hydrogen-bond donors (Lipinski definition) is 0. The molecule has 0 N–H and O–H groups in total. The molecule has 0 aromatic heterocycles. The van der Waals surface area contributed by atoms with Crippen molar-refractivity contribution >= 4 is 27.8 Å². The molecule has 2 aromatic rings. The van der Waals surface area contributed by atoms with Gasteiger partial charge in [-0.15, -0.1) is 34.0 Å². The zero-order valence-electron chi connectivity index (χ0n) is 10.7. The van der Waals surface area contributed by atoms with Crippen molar-refractivity contribution in [2.24, 2.45) is 0 Å². The zero-order chi connectivity index (χ0) is 13.0. The Kier molecular flexibility index (Phi) is 6.34. The molecule has 0 unspecified atom stereocenters. The Morgan fingerprint density at radius 3 is 2.29 bits per heavy atom. The summed E-state index contributed by atoms with van der Waals surface area (Å²) in [5.74, 6) is 0. The fourth-order valence-corrected chi connectivity index (χ4v) is 2.21. The maximum atomic E-state index is 4.93. The molecule has 0 nitrogen and oxygen atoms in total. The van der Waals surface area contributed by atoms with Crippen LogP contribution in [0.1, 0.15) is 29.2 Å². The van der Waals surface area contributed by atoms with E-state index in [0.29, 0.717) is 0 Å². The van der Waals surface area contributed by atoms with Gasteiger partial charge in [-0.3, -0.25) is 0 Å². The topological polar surface area (TPSA) is 0 Å². The summed E-state index contributed by atoms with van der Waals surface area (Å²) in [4.78, 5) is 0. The molecule has 0 radical (unpaired) electrons. The molecule has 17 heavy (non-hydrogen) atoms. The van der Waals surface area contributed by atoms with Gasteiger partial charge in [0.15, 0.2) is 0 Å². The molecule has 0 spiro atoms. The van der Waals surface area contributed by atoms with Gasteiger partial charge in [-0.2, -0.15) is 5.56 Å². The molecular weight excluding hydrogens is 330 g/mol. The Morgan fingerprint density at radius 1 is 1.18 bits per heavy atom. The fraction of sp³-hybridized carbons (Fsp3) is 0.357. The number of hydrogen-bond acceptors (Lipinski definition) is 0. The molecule has 3 heteroatoms. The van der Waals surface area contributed by atoms with Crippen LogP contribution in [0.4, 0.5) is 0 Å². The van der Waals surface area contributed by atoms with Crippen LogP contribution in [0.5, 0.6) is 0 Å². The van der Waals surface area contributed by atoms with Gasteiger partial charge in [0.1, 0.15) is 0 Å². The van der Waals surface area contributed by atoms with Crippen molar-refractivity contribution < 1.29 is 20.8 Å². The van der Waals surface area contributed by atoms with Crippen LogP contribution in [0.3, 0.4) is 0 Å². The quantitative estimate of drug-likeness (QED) is 0.604. The van der Waals surface area contributed by atoms with Gasteiger partial charge in [0.25, 0.3) is 0 Å². The third-order valence-electron chi connectivity index (χ3n) is 3.26. The summed E-state index contributed by atoms with van der Waals surface area (Å²) in [6, 6.07) is 6.82. The van der Waals surface area contributed by atoms with E-state index in [2.05, 4.69) is 45.9 Å². The van der Waals surface area contributed by atoms with E-state index in [9.17, 15) is 0 Å². The second-order valence-electron chi connectivity index (χ2n) is 4.21. The standard InChI is InChI=1S/C14H17.2ClH.Zr/c1-5-12-7-6-9(2)13-8-10(3)11(4)14(12)13;;;/h6-8H,5H2,1-4H3;2*1H;/q-1;;;+2/p-2. The van der Waals surface area contributed by atoms with Crippen molar-refractivity contribution in [2.45, 2.75) is 34.1 Å². The summed E-state index contributed by atoms with van der Waals surface area (Å²) in [5, 5.41) is 2.93. The average Bonchev–Trinajstić information content (AvgIpc) is 2.59. The third kappa shape index (κ3) is 3.40. The summed E-state index contributed by atoms with van der Waals surface area (Å²) < 4.78 is 0. The molecule has 0 aliphatic heterocycles. The van der Waals surface area contributed by atoms with Crippen molar-refractivity contribution in [3.8, 4) is 0 Å². The molecule has 0 heterocycles. The SMILES string of the molecule is CCc1ccc(C)c2[cH-]c(C)c(C)c12.[Cl][Zr][Cl]. The molecule has 0 aliphatic rings. The first-order valence-electron chi connectivity index (χ1n) is 5.68. The summed E-state index contributed by atoms with van der Waals surface area (Å²) in [6.45, 7) is 8.86. The average molecular weight is 347 g/mol. The van der Waals surface area contributed by atoms with Gasteiger partial charge in [0.2, 0.25) is 0 Å². The minimum absolute atomic E-state index is 0.826. The van der Waals surface area contributed by atoms with E-state index in [0.717, 1.165) is 6.42 Å². The molecule has 92 valence electrons. The van der Waals surface area contributed by atoms with Gasteiger partial charge in [-0.05, 0) is 6.42 Å². The van der Waals surface area contributed by atoms with Crippen LogP contribution >= 0.6 is 17.0 Å². The van der Waals surface area contributed by atoms with Crippen LogP contribution < -0.4 is 0 Å². The van der Waals surface area contributed by atoms with E-state index >= 15 is 0 Å². The van der Waals surface area contributed by atoms with Crippen LogP contribution in [0.15, 0.2) is 18.2 Å². The van der Waals surface area contributed by atoms with Crippen LogP contribution in [0.2, 0.25) is 0 Å². The number of rotatable bonds is 1. The Morgan fingerprint density at radius 2 is 1.76 bits per heavy atom. The summed E-state index contributed by atoms with van der Waals surface area (Å²) in [6.07, 6.45) is 1.13. The van der Waals surface area contributed by atoms with Crippen molar-refractivity contribution in [2.75, 3.05) is 0 Å². The summed E-state index contributed by atoms with van der Waals surface area (Å²) in [5.41, 5.74) is 5.76. The van der Waals surface area contributed by atoms with Crippen molar-refractivity contribution in [1.82, 2.24) is 0 Å². The van der Waals surface area contributed by atoms with Crippen molar-refractivity contribution in [3.63, 3.8) is 0 Å². The summed E-state index contributed by atoms with van der Waals surface area (Å²) >= 11 is -0.826. The van der Waals surface area contributed by atoms with E-state index in [4.69, 9.17) is 17.0 Å². The normalized spacial score (nSPS) is 10.0. The number of aryl methyl sites for hydroxylation is 4. The Hall–Kier alpha value is 0.293. The van der Waals surface area contributed by atoms with E-state index in [1.54, 1.807) is 0 Å². The van der Waals surface area contributed by atoms with Crippen molar-refractivity contribution in [3.05, 3.63) is 40.5 Å². The first-order valence-corrected chi connectivity index (χ1v) is 12.0. The van der Waals surface area contributed by atoms with Crippen LogP contribution in [-0.2, 0) is 27.3 Å². The molecule has 0 saturated heterocycles. The first-order chi connectivity index (χ1) is 8.06. The third-order valence-corrected chi connectivity index (χ3v) is 3.26. The number of fused-ring (bicyclic) bond motifs is 1. The van der Waals surface area contributed by atoms with Gasteiger partial charge in [0.05, 0.1) is 0 Å². The van der Waals surface area contributed by atoms with E-state index in [1.165, 1.54) is 33.0 Å². The monoisotopic (exact) mass is 345 g/mol. The first kappa shape index (κ1) is 15.4. The molecule has 0 amide bonds. The molecule has 2 aromatic carbocycles. The minimum atomic E-state index is -0.826. The van der Waals surface area contributed by atoms with Gasteiger partial charge >= 0.3 is 37.9 Å². The maximum absolute atomic E-state index is 4.93. The van der Waals surface area contributed by atoms with Gasteiger partial charge < -0.3 is 0 Å². The number of halogens is 2. The molecule has 0 atom stereocenters. The van der Waals surface area contributed by atoms with Gasteiger partial charge in [-0.1, -0.05) is 39.3 Å². The van der Waals surface area contributed by atoms with E-state index < -0.39 is 20.8 Å². The number of benzene rings is 1. The van der Waals surface area contributed by atoms with Gasteiger partial charge in [0, 0.05) is 0 Å². The van der Waals surface area contributed by atoms with E-state index in [1.807, 2.05) is 0 Å². The van der Waals surface area contributed by atoms with Crippen LogP contribution in [0, 0.1) is 20.8 Å². The fourth-order valence-electron chi connectivity index (χ4n) is 2.21. The van der Waals surface area contributed by atoms with Crippen molar-refractivity contribution in [1.29, 1.82) is 0 Å². The van der Waals surface area contributed by atoms with Crippen LogP contribution in [0.25, 0.3) is 10.8 Å². The van der Waals surface area contributed by atoms with Gasteiger partial charge in [-0.25, -0.2) is 0 Å². The second-order valence-corrected chi connectivity index (χ2v) is 7.94. The molecule has 0 aliphatic carbocycles. The molecule has 0 bridgehead atoms. The van der Waals surface area contributed by atoms with E-state index in [-0.39, 0.29) is 0 Å². The predicted molar refractivity (Wildman–Crippen MR) is 74.8 cm³/mol. The Bertz CT molecular complexity index is 500. The molecular formula is C14H17Cl2Zr-. The Labute approximate surface area is 122 Å². The molecule has 0 fully saturated rings. The molecule has 0 saturated carbocycles. The zero-order valence-corrected chi connectivity index (χ0v) is 14.7. The molecule has 2 rings (SSSR count). The predicted octanol–water partition coefficient (Wildman–Crippen LogP) is 5.42. The summed E-state index contributed by atoms with van der Waals surface area (Å²) in [7, 11) is 9.87.